The number of halogens is 2. The van der Waals surface area contributed by atoms with Gasteiger partial charge in [-0.2, -0.15) is 0 Å². The summed E-state index contributed by atoms with van der Waals surface area (Å²) in [4.78, 5) is 0.722. The third-order valence-electron chi connectivity index (χ3n) is 7.27. The van der Waals surface area contributed by atoms with Crippen LogP contribution in [0.3, 0.4) is 0 Å². The molecule has 0 aromatic heterocycles. The van der Waals surface area contributed by atoms with Crippen molar-refractivity contribution in [3.63, 3.8) is 0 Å². The molecule has 0 bridgehead atoms. The minimum Gasteiger partial charge on any atom is -1.00 e. The van der Waals surface area contributed by atoms with Crippen molar-refractivity contribution in [2.75, 3.05) is 27.2 Å². The van der Waals surface area contributed by atoms with Crippen LogP contribution in [0.25, 0.3) is 0 Å². The molecule has 0 saturated heterocycles. The summed E-state index contributed by atoms with van der Waals surface area (Å²) in [5.41, 5.74) is 0. The summed E-state index contributed by atoms with van der Waals surface area (Å²) in [6.07, 6.45) is 33.2. The second kappa shape index (κ2) is 27.5. The van der Waals surface area contributed by atoms with Crippen LogP contribution in [0.2, 0.25) is 0 Å². The number of hydrogen-bond acceptors (Lipinski definition) is 0. The van der Waals surface area contributed by atoms with Crippen molar-refractivity contribution in [1.29, 1.82) is 0 Å². The van der Waals surface area contributed by atoms with Crippen molar-refractivity contribution in [3.8, 4) is 0 Å². The molecule has 1 nitrogen and oxygen atoms in total. The molecule has 3 heteroatoms. The van der Waals surface area contributed by atoms with E-state index in [2.05, 4.69) is 43.9 Å². The van der Waals surface area contributed by atoms with E-state index in [9.17, 15) is 0 Å². The zero-order valence-electron chi connectivity index (χ0n) is 23.5. The zero-order chi connectivity index (χ0) is 23.8. The molecule has 0 aromatic rings. The van der Waals surface area contributed by atoms with E-state index in [1.54, 1.807) is 0 Å². The van der Waals surface area contributed by atoms with E-state index >= 15 is 0 Å². The number of unbranched alkanes of at least 4 members (excludes halogenated alkanes) is 19. The van der Waals surface area contributed by atoms with Gasteiger partial charge in [-0.3, -0.25) is 0 Å². The lowest BCUT2D eigenvalue weighted by atomic mass is 10.0. The van der Waals surface area contributed by atoms with Gasteiger partial charge >= 0.3 is 0 Å². The van der Waals surface area contributed by atoms with Gasteiger partial charge in [-0.05, 0) is 19.3 Å². The van der Waals surface area contributed by atoms with Gasteiger partial charge in [0.25, 0.3) is 0 Å². The van der Waals surface area contributed by atoms with Gasteiger partial charge in [0.05, 0.1) is 27.2 Å². The number of nitrogens with zero attached hydrogens (tertiary/aromatic N) is 1. The molecule has 0 aromatic carbocycles. The van der Waals surface area contributed by atoms with Crippen LogP contribution in [0.15, 0.2) is 0 Å². The predicted molar refractivity (Wildman–Crippen MR) is 152 cm³/mol. The maximum absolute atomic E-state index is 3.84. The Morgan fingerprint density at radius 3 is 1.12 bits per heavy atom. The van der Waals surface area contributed by atoms with Crippen LogP contribution in [-0.2, 0) is 0 Å². The van der Waals surface area contributed by atoms with E-state index in [-0.39, 0.29) is 17.0 Å². The first kappa shape index (κ1) is 36.1. The SMILES string of the molecule is CCCCCCCCCCCCCCCCCCCCCC[N+](C)(C)CCC(Br)CCC.[Br-]. The predicted octanol–water partition coefficient (Wildman–Crippen LogP) is 7.84. The molecule has 0 fully saturated rings. The molecule has 0 heterocycles. The first-order valence-corrected chi connectivity index (χ1v) is 15.9. The number of alkyl halides is 1. The largest absolute Gasteiger partial charge is 1.00 e. The third-order valence-corrected chi connectivity index (χ3v) is 8.18. The van der Waals surface area contributed by atoms with E-state index in [1.165, 1.54) is 165 Å². The number of hydrogen-bond donors (Lipinski definition) is 0. The molecule has 0 aliphatic carbocycles. The molecule has 1 unspecified atom stereocenters. The van der Waals surface area contributed by atoms with E-state index in [1.807, 2.05) is 0 Å². The lowest BCUT2D eigenvalue weighted by Crippen LogP contribution is -3.00. The lowest BCUT2D eigenvalue weighted by molar-refractivity contribution is -0.890. The molecule has 1 atom stereocenters. The van der Waals surface area contributed by atoms with Crippen molar-refractivity contribution in [2.24, 2.45) is 0 Å². The van der Waals surface area contributed by atoms with Gasteiger partial charge in [0.2, 0.25) is 0 Å². The second-order valence-corrected chi connectivity index (χ2v) is 12.6. The minimum absolute atomic E-state index is 0. The van der Waals surface area contributed by atoms with Crippen molar-refractivity contribution >= 4 is 15.9 Å². The lowest BCUT2D eigenvalue weighted by Gasteiger charge is -2.30. The fourth-order valence-corrected chi connectivity index (χ4v) is 5.52. The molecular weight excluding hydrogens is 534 g/mol. The molecule has 33 heavy (non-hydrogen) atoms. The van der Waals surface area contributed by atoms with Crippen molar-refractivity contribution in [2.45, 2.75) is 166 Å². The molecule has 0 amide bonds. The molecule has 0 saturated carbocycles. The fourth-order valence-electron chi connectivity index (χ4n) is 4.85. The van der Waals surface area contributed by atoms with Crippen LogP contribution >= 0.6 is 15.9 Å². The van der Waals surface area contributed by atoms with Crippen molar-refractivity contribution in [1.82, 2.24) is 0 Å². The first-order valence-electron chi connectivity index (χ1n) is 15.0. The average Bonchev–Trinajstić information content (AvgIpc) is 2.76. The molecule has 0 aliphatic heterocycles. The van der Waals surface area contributed by atoms with Crippen LogP contribution in [-0.4, -0.2) is 36.5 Å². The third kappa shape index (κ3) is 29.0. The number of rotatable bonds is 26. The summed E-state index contributed by atoms with van der Waals surface area (Å²) in [6, 6.07) is 0. The summed E-state index contributed by atoms with van der Waals surface area (Å²) >= 11 is 3.84. The van der Waals surface area contributed by atoms with Crippen molar-refractivity contribution < 1.29 is 21.5 Å². The Bertz CT molecular complexity index is 359. The Morgan fingerprint density at radius 1 is 0.455 bits per heavy atom. The molecule has 0 rings (SSSR count). The van der Waals surface area contributed by atoms with Gasteiger partial charge in [-0.1, -0.05) is 152 Å². The molecule has 0 radical (unpaired) electrons. The first-order chi connectivity index (χ1) is 15.5. The summed E-state index contributed by atoms with van der Waals surface area (Å²) in [5.74, 6) is 0. The normalized spacial score (nSPS) is 12.6. The fraction of sp³-hybridized carbons (Fsp3) is 1.00. The Labute approximate surface area is 230 Å². The van der Waals surface area contributed by atoms with E-state index < -0.39 is 0 Å². The van der Waals surface area contributed by atoms with Gasteiger partial charge < -0.3 is 21.5 Å². The molecule has 0 aliphatic rings. The molecule has 0 N–H and O–H groups in total. The van der Waals surface area contributed by atoms with Crippen LogP contribution in [0.5, 0.6) is 0 Å². The van der Waals surface area contributed by atoms with Crippen LogP contribution in [0.4, 0.5) is 0 Å². The van der Waals surface area contributed by atoms with Crippen LogP contribution in [0, 0.1) is 0 Å². The van der Waals surface area contributed by atoms with E-state index in [0.29, 0.717) is 0 Å². The highest BCUT2D eigenvalue weighted by Gasteiger charge is 2.16. The van der Waals surface area contributed by atoms with Crippen molar-refractivity contribution in [3.05, 3.63) is 0 Å². The van der Waals surface area contributed by atoms with Gasteiger partial charge in [-0.15, -0.1) is 0 Å². The quantitative estimate of drug-likeness (QED) is 0.0542. The highest BCUT2D eigenvalue weighted by molar-refractivity contribution is 9.09. The highest BCUT2D eigenvalue weighted by Crippen LogP contribution is 2.17. The molecule has 0 spiro atoms. The maximum Gasteiger partial charge on any atom is 0.0793 e. The summed E-state index contributed by atoms with van der Waals surface area (Å²) in [5, 5.41) is 0. The topological polar surface area (TPSA) is 0 Å². The Kier molecular flexibility index (Phi) is 30.1. The van der Waals surface area contributed by atoms with E-state index in [0.717, 1.165) is 4.83 Å². The summed E-state index contributed by atoms with van der Waals surface area (Å²) in [7, 11) is 4.84. The molecule has 202 valence electrons. The monoisotopic (exact) mass is 595 g/mol. The molecular formula is C30H63Br2N. The smallest absolute Gasteiger partial charge is 0.0793 e. The second-order valence-electron chi connectivity index (χ2n) is 11.3. The summed E-state index contributed by atoms with van der Waals surface area (Å²) < 4.78 is 1.20. The Balaban J connectivity index is 0. The number of quaternary nitrogens is 1. The average molecular weight is 598 g/mol. The Hall–Kier alpha value is 0.920. The standard InChI is InChI=1S/C30H63BrN.BrH/c1-5-7-8-9-10-11-12-13-14-15-16-17-18-19-20-21-22-23-24-25-28-32(3,4)29-27-30(31)26-6-2;/h30H,5-29H2,1-4H3;1H/q+1;/p-1. The van der Waals surface area contributed by atoms with Gasteiger partial charge in [-0.25, -0.2) is 0 Å². The Morgan fingerprint density at radius 2 is 0.788 bits per heavy atom. The highest BCUT2D eigenvalue weighted by atomic mass is 79.9. The van der Waals surface area contributed by atoms with Gasteiger partial charge in [0.15, 0.2) is 0 Å². The van der Waals surface area contributed by atoms with Crippen LogP contribution < -0.4 is 17.0 Å². The van der Waals surface area contributed by atoms with Gasteiger partial charge in [0, 0.05) is 11.2 Å². The van der Waals surface area contributed by atoms with Gasteiger partial charge in [0.1, 0.15) is 0 Å². The minimum atomic E-state index is 0. The van der Waals surface area contributed by atoms with E-state index in [4.69, 9.17) is 0 Å². The maximum atomic E-state index is 3.84. The zero-order valence-corrected chi connectivity index (χ0v) is 26.6. The van der Waals surface area contributed by atoms with Crippen LogP contribution in [0.1, 0.15) is 162 Å². The summed E-state index contributed by atoms with van der Waals surface area (Å²) in [6.45, 7) is 7.26.